The van der Waals surface area contributed by atoms with Crippen LogP contribution in [0.3, 0.4) is 0 Å². The highest BCUT2D eigenvalue weighted by molar-refractivity contribution is 5.68. The van der Waals surface area contributed by atoms with Gasteiger partial charge in [0.05, 0.1) is 6.54 Å². The first-order chi connectivity index (χ1) is 7.25. The van der Waals surface area contributed by atoms with Crippen LogP contribution < -0.4 is 5.32 Å². The molecule has 0 bridgehead atoms. The number of carboxylic acid groups (broad SMARTS) is 1. The third-order valence-corrected chi connectivity index (χ3v) is 3.42. The summed E-state index contributed by atoms with van der Waals surface area (Å²) in [6.07, 6.45) is 5.23. The van der Waals surface area contributed by atoms with E-state index in [1.54, 1.807) is 0 Å². The number of hydrogen-bond acceptors (Lipinski definition) is 3. The Hall–Kier alpha value is -0.610. The van der Waals surface area contributed by atoms with Crippen LogP contribution in [0, 0.1) is 5.92 Å². The van der Waals surface area contributed by atoms with Crippen LogP contribution in [-0.4, -0.2) is 48.2 Å². The Morgan fingerprint density at radius 1 is 1.27 bits per heavy atom. The highest BCUT2D eigenvalue weighted by Crippen LogP contribution is 2.30. The molecule has 0 amide bonds. The molecule has 86 valence electrons. The maximum atomic E-state index is 10.3. The lowest BCUT2D eigenvalue weighted by molar-refractivity contribution is -0.136. The summed E-state index contributed by atoms with van der Waals surface area (Å²) in [5.74, 6) is -0.0789. The monoisotopic (exact) mass is 212 g/mol. The number of nitrogens with zero attached hydrogens (tertiary/aromatic N) is 1. The van der Waals surface area contributed by atoms with Crippen LogP contribution in [0.15, 0.2) is 0 Å². The fraction of sp³-hybridized carbons (Fsp3) is 0.909. The van der Waals surface area contributed by atoms with Crippen molar-refractivity contribution in [2.24, 2.45) is 5.92 Å². The van der Waals surface area contributed by atoms with Gasteiger partial charge in [-0.25, -0.2) is 0 Å². The molecule has 0 spiro atoms. The predicted molar refractivity (Wildman–Crippen MR) is 57.8 cm³/mol. The molecule has 1 saturated carbocycles. The minimum absolute atomic E-state index is 0.100. The summed E-state index contributed by atoms with van der Waals surface area (Å²) >= 11 is 0. The second kappa shape index (κ2) is 4.94. The number of piperidine rings is 1. The van der Waals surface area contributed by atoms with Crippen LogP contribution in [0.4, 0.5) is 0 Å². The standard InChI is InChI=1S/C11H20N2O2/c14-11(15)8-12-7-9-3-5-13(6-4-9)10-1-2-10/h9-10,12H,1-8H2,(H,14,15). The van der Waals surface area contributed by atoms with E-state index in [0.717, 1.165) is 12.6 Å². The molecule has 2 N–H and O–H groups in total. The number of hydrogen-bond donors (Lipinski definition) is 2. The Labute approximate surface area is 90.6 Å². The van der Waals surface area contributed by atoms with Gasteiger partial charge in [-0.3, -0.25) is 4.79 Å². The van der Waals surface area contributed by atoms with E-state index in [2.05, 4.69) is 10.2 Å². The van der Waals surface area contributed by atoms with Crippen LogP contribution >= 0.6 is 0 Å². The van der Waals surface area contributed by atoms with Crippen molar-refractivity contribution in [2.75, 3.05) is 26.2 Å². The summed E-state index contributed by atoms with van der Waals surface area (Å²) < 4.78 is 0. The van der Waals surface area contributed by atoms with Gasteiger partial charge in [-0.1, -0.05) is 0 Å². The molecule has 0 aromatic carbocycles. The fourth-order valence-corrected chi connectivity index (χ4v) is 2.35. The fourth-order valence-electron chi connectivity index (χ4n) is 2.35. The smallest absolute Gasteiger partial charge is 0.317 e. The van der Waals surface area contributed by atoms with Gasteiger partial charge in [0, 0.05) is 6.04 Å². The molecule has 0 unspecified atom stereocenters. The number of carboxylic acids is 1. The van der Waals surface area contributed by atoms with Crippen molar-refractivity contribution in [2.45, 2.75) is 31.7 Å². The van der Waals surface area contributed by atoms with Gasteiger partial charge in [-0.15, -0.1) is 0 Å². The van der Waals surface area contributed by atoms with E-state index >= 15 is 0 Å². The molecule has 4 nitrogen and oxygen atoms in total. The molecular weight excluding hydrogens is 192 g/mol. The number of nitrogens with one attached hydrogen (secondary N) is 1. The average Bonchev–Trinajstić information content (AvgIpc) is 3.02. The van der Waals surface area contributed by atoms with E-state index in [4.69, 9.17) is 5.11 Å². The van der Waals surface area contributed by atoms with Crippen LogP contribution in [0.5, 0.6) is 0 Å². The minimum atomic E-state index is -0.759. The zero-order valence-corrected chi connectivity index (χ0v) is 9.11. The van der Waals surface area contributed by atoms with Crippen molar-refractivity contribution in [1.82, 2.24) is 10.2 Å². The van der Waals surface area contributed by atoms with Crippen molar-refractivity contribution in [3.8, 4) is 0 Å². The van der Waals surface area contributed by atoms with E-state index in [1.165, 1.54) is 38.8 Å². The molecule has 0 radical (unpaired) electrons. The van der Waals surface area contributed by atoms with Crippen LogP contribution in [0.2, 0.25) is 0 Å². The number of aliphatic carboxylic acids is 1. The molecule has 1 heterocycles. The highest BCUT2D eigenvalue weighted by atomic mass is 16.4. The largest absolute Gasteiger partial charge is 0.480 e. The molecule has 1 saturated heterocycles. The van der Waals surface area contributed by atoms with E-state index < -0.39 is 5.97 Å². The van der Waals surface area contributed by atoms with Gasteiger partial charge in [0.25, 0.3) is 0 Å². The Morgan fingerprint density at radius 3 is 2.47 bits per heavy atom. The summed E-state index contributed by atoms with van der Waals surface area (Å²) in [5.41, 5.74) is 0. The Morgan fingerprint density at radius 2 is 1.93 bits per heavy atom. The Kier molecular flexibility index (Phi) is 3.59. The van der Waals surface area contributed by atoms with Gasteiger partial charge in [0.15, 0.2) is 0 Å². The molecule has 2 rings (SSSR count). The first-order valence-corrected chi connectivity index (χ1v) is 5.92. The van der Waals surface area contributed by atoms with Crippen molar-refractivity contribution in [3.63, 3.8) is 0 Å². The van der Waals surface area contributed by atoms with Gasteiger partial charge in [-0.05, 0) is 51.2 Å². The van der Waals surface area contributed by atoms with Crippen molar-refractivity contribution >= 4 is 5.97 Å². The first kappa shape index (κ1) is 10.9. The van der Waals surface area contributed by atoms with Gasteiger partial charge < -0.3 is 15.3 Å². The third kappa shape index (κ3) is 3.47. The molecule has 2 fully saturated rings. The van der Waals surface area contributed by atoms with Crippen LogP contribution in [-0.2, 0) is 4.79 Å². The maximum Gasteiger partial charge on any atom is 0.317 e. The maximum absolute atomic E-state index is 10.3. The molecular formula is C11H20N2O2. The summed E-state index contributed by atoms with van der Waals surface area (Å²) in [4.78, 5) is 12.9. The molecule has 4 heteroatoms. The lowest BCUT2D eigenvalue weighted by Gasteiger charge is -2.31. The molecule has 2 aliphatic rings. The predicted octanol–water partition coefficient (Wildman–Crippen LogP) is 0.535. The number of carbonyl (C=O) groups is 1. The Balaban J connectivity index is 1.58. The minimum Gasteiger partial charge on any atom is -0.480 e. The van der Waals surface area contributed by atoms with E-state index in [-0.39, 0.29) is 6.54 Å². The molecule has 1 aliphatic carbocycles. The zero-order chi connectivity index (χ0) is 10.7. The number of likely N-dealkylation sites (tertiary alicyclic amines) is 1. The molecule has 15 heavy (non-hydrogen) atoms. The Bertz CT molecular complexity index is 221. The van der Waals surface area contributed by atoms with Crippen molar-refractivity contribution in [3.05, 3.63) is 0 Å². The second-order valence-corrected chi connectivity index (χ2v) is 4.74. The summed E-state index contributed by atoms with van der Waals surface area (Å²) in [6, 6.07) is 0.887. The molecule has 0 aromatic heterocycles. The topological polar surface area (TPSA) is 52.6 Å². The van der Waals surface area contributed by atoms with Gasteiger partial charge >= 0.3 is 5.97 Å². The summed E-state index contributed by atoms with van der Waals surface area (Å²) in [6.45, 7) is 3.39. The average molecular weight is 212 g/mol. The number of rotatable bonds is 5. The van der Waals surface area contributed by atoms with Gasteiger partial charge in [-0.2, -0.15) is 0 Å². The van der Waals surface area contributed by atoms with Gasteiger partial charge in [0.1, 0.15) is 0 Å². The second-order valence-electron chi connectivity index (χ2n) is 4.74. The van der Waals surface area contributed by atoms with Crippen LogP contribution in [0.1, 0.15) is 25.7 Å². The van der Waals surface area contributed by atoms with E-state index in [9.17, 15) is 4.79 Å². The molecule has 1 aliphatic heterocycles. The summed E-state index contributed by atoms with van der Waals surface area (Å²) in [7, 11) is 0. The quantitative estimate of drug-likeness (QED) is 0.698. The molecule has 0 aromatic rings. The highest BCUT2D eigenvalue weighted by Gasteiger charge is 2.31. The van der Waals surface area contributed by atoms with E-state index in [1.807, 2.05) is 0 Å². The first-order valence-electron chi connectivity index (χ1n) is 5.92. The lowest BCUT2D eigenvalue weighted by atomic mass is 9.97. The zero-order valence-electron chi connectivity index (χ0n) is 9.11. The van der Waals surface area contributed by atoms with Crippen molar-refractivity contribution in [1.29, 1.82) is 0 Å². The van der Waals surface area contributed by atoms with Crippen LogP contribution in [0.25, 0.3) is 0 Å². The SMILES string of the molecule is O=C(O)CNCC1CCN(C2CC2)CC1. The van der Waals surface area contributed by atoms with Crippen molar-refractivity contribution < 1.29 is 9.90 Å². The normalized spacial score (nSPS) is 24.3. The van der Waals surface area contributed by atoms with Gasteiger partial charge in [0.2, 0.25) is 0 Å². The van der Waals surface area contributed by atoms with E-state index in [0.29, 0.717) is 5.92 Å². The molecule has 0 atom stereocenters. The summed E-state index contributed by atoms with van der Waals surface area (Å²) in [5, 5.41) is 11.5. The third-order valence-electron chi connectivity index (χ3n) is 3.42. The lowest BCUT2D eigenvalue weighted by Crippen LogP contribution is -2.39.